The summed E-state index contributed by atoms with van der Waals surface area (Å²) in [6.45, 7) is 14.3. The summed E-state index contributed by atoms with van der Waals surface area (Å²) in [6, 6.07) is 62.1. The van der Waals surface area contributed by atoms with E-state index in [1.165, 1.54) is 135 Å². The summed E-state index contributed by atoms with van der Waals surface area (Å²) in [5.41, 5.74) is 4.43. The Morgan fingerprint density at radius 3 is 1.19 bits per heavy atom. The number of carboxylic acids is 1. The van der Waals surface area contributed by atoms with Gasteiger partial charge >= 0.3 is 94.7 Å². The second kappa shape index (κ2) is 51.4. The number of hydrogen-bond acceptors (Lipinski definition) is 24. The average molecular weight is 1910 g/mol. The van der Waals surface area contributed by atoms with Crippen LogP contribution in [0.25, 0.3) is 21.5 Å². The van der Waals surface area contributed by atoms with Crippen LogP contribution >= 0.6 is 59.6 Å². The Morgan fingerprint density at radius 1 is 0.446 bits per heavy atom. The number of halogens is 5. The van der Waals surface area contributed by atoms with E-state index in [1.807, 2.05) is 6.07 Å². The number of aliphatic hydroxyl groups excluding tert-OH is 1. The van der Waals surface area contributed by atoms with Gasteiger partial charge in [0.15, 0.2) is 0 Å². The van der Waals surface area contributed by atoms with Crippen molar-refractivity contribution in [3.63, 3.8) is 0 Å². The Labute approximate surface area is 777 Å². The molecule has 5 aliphatic rings. The third-order valence-electron chi connectivity index (χ3n) is 23.1. The number of carbonyl (C=O) groups excluding carboxylic acids is 3. The van der Waals surface area contributed by atoms with Crippen molar-refractivity contribution < 1.29 is 77.0 Å². The van der Waals surface area contributed by atoms with E-state index < -0.39 is 53.3 Å². The Balaban J connectivity index is 0.000000170. The first kappa shape index (κ1) is 102. The van der Waals surface area contributed by atoms with Crippen molar-refractivity contribution in [3.05, 3.63) is 302 Å². The standard InChI is InChI=1S/C24H28N2O6.C24H26N2O5.C24H27NO4.C15H23NO.C9H5NO5.Cl5P/c27-23(16-20-7-8-21(26(30)31)17-22(20)24(28)29)32-14-4-11-25-12-9-19(10-13-25)15-18-5-2-1-3-6-18;27-24-22-17-21(26(28)29)8-7-20(22)16-23(31-24)30-14-4-11-25-12-9-19(10-13-25)15-18-5-2-1-3-6-18;26-21-8-7-20-16-23(29-24(27)22(20)17-21)28-14-4-11-25-12-9-19(10-13-25)15-18-5-2-1-3-6-18;17-12-4-9-16-10-7-15(8-11-16)13-14-5-2-1-3-6-14;11-8-3-5-1-2-6(10(13)14)4-7(5)9(12)15-8;1-6(2,3,4)5/h1-3,5-8,17,19H,4,9-16H2,(H,28,29);1-3,5-8,16-17,19H,4,9-15H2;1-3,5-8,16-17,19,26H,4,9-15H2;1-3,5-6,15,17H,4,7-13H2;1-2,4H,3H2;. The van der Waals surface area contributed by atoms with Crippen LogP contribution in [-0.4, -0.2) is 179 Å². The SMILES string of the molecule is ClP(Cl)(Cl)(Cl)Cl.O=C(Cc1ccc([N+](=O)[O-])cc1C(=O)O)OCCCN1CCC(Cc2ccccc2)CC1.O=C1Cc2ccc([N+](=O)[O-])cc2C(=O)O1.O=c1oc(OCCCN2CCC(Cc3ccccc3)CC2)cc2ccc(O)cc12.O=c1oc(OCCCN2CCC(Cc3ccccc3)CC2)cc2ccc([N+](=O)[O-])cc12.OCCCN1CCC(Cc2ccccc2)CC1. The monoisotopic (exact) mass is 1900 g/mol. The molecule has 28 nitrogen and oxygen atoms in total. The zero-order valence-electron chi connectivity index (χ0n) is 72.1. The molecule has 7 heterocycles. The number of aromatic hydroxyl groups is 1. The number of aliphatic hydroxyl groups is 1. The van der Waals surface area contributed by atoms with Gasteiger partial charge in [-0.15, -0.1) is 0 Å². The predicted octanol–water partition coefficient (Wildman–Crippen LogP) is 19.8. The summed E-state index contributed by atoms with van der Waals surface area (Å²) in [4.78, 5) is 110. The van der Waals surface area contributed by atoms with Crippen molar-refractivity contribution >= 4 is 122 Å². The number of phenols is 1. The van der Waals surface area contributed by atoms with Crippen LogP contribution in [0.3, 0.4) is 0 Å². The van der Waals surface area contributed by atoms with Crippen molar-refractivity contribution in [2.24, 2.45) is 23.7 Å². The normalized spacial score (nSPS) is 15.7. The van der Waals surface area contributed by atoms with Crippen LogP contribution < -0.4 is 20.7 Å². The summed E-state index contributed by atoms with van der Waals surface area (Å²) in [6.07, 6.45) is 17.6. The predicted molar refractivity (Wildman–Crippen MR) is 505 cm³/mol. The maximum Gasteiger partial charge on any atom is 0.346 e. The van der Waals surface area contributed by atoms with Crippen LogP contribution in [0.5, 0.6) is 17.6 Å². The molecule has 0 aliphatic carbocycles. The number of carboxylic acid groups (broad SMARTS) is 1. The molecular weight excluding hydrogens is 1800 g/mol. The first-order valence-electron chi connectivity index (χ1n) is 43.6. The molecule has 0 unspecified atom stereocenters. The third-order valence-corrected chi connectivity index (χ3v) is 23.1. The first-order chi connectivity index (χ1) is 62.4. The largest absolute Gasteiger partial charge is 0.508 e. The van der Waals surface area contributed by atoms with Crippen LogP contribution in [0.4, 0.5) is 17.1 Å². The molecule has 0 bridgehead atoms. The Hall–Kier alpha value is -10.5. The fourth-order valence-electron chi connectivity index (χ4n) is 16.3. The van der Waals surface area contributed by atoms with Crippen molar-refractivity contribution in [1.29, 1.82) is 0 Å². The van der Waals surface area contributed by atoms with Gasteiger partial charge in [0.1, 0.15) is 5.75 Å². The number of nitrogens with zero attached hydrogens (tertiary/aromatic N) is 7. The Morgan fingerprint density at radius 2 is 0.800 bits per heavy atom. The molecule has 8 aromatic carbocycles. The topological polar surface area (TPSA) is 369 Å². The van der Waals surface area contributed by atoms with E-state index in [4.69, 9.17) is 84.4 Å². The summed E-state index contributed by atoms with van der Waals surface area (Å²) in [5, 5.41) is 61.5. The summed E-state index contributed by atoms with van der Waals surface area (Å²) in [5.74, 6) is 0.184. The molecule has 0 radical (unpaired) electrons. The number of benzene rings is 8. The van der Waals surface area contributed by atoms with Gasteiger partial charge in [0.05, 0.1) is 69.3 Å². The minimum Gasteiger partial charge on any atom is -0.508 e. The van der Waals surface area contributed by atoms with Crippen molar-refractivity contribution in [2.75, 3.05) is 105 Å². The number of nitro groups is 3. The van der Waals surface area contributed by atoms with E-state index in [2.05, 4.69) is 140 Å². The molecule has 694 valence electrons. The van der Waals surface area contributed by atoms with Gasteiger partial charge in [0, 0.05) is 81.3 Å². The number of phenolic OH excluding ortho intramolecular Hbond substituents is 1. The number of piperidine rings is 4. The van der Waals surface area contributed by atoms with Gasteiger partial charge < -0.3 is 62.7 Å². The van der Waals surface area contributed by atoms with Crippen LogP contribution in [0, 0.1) is 54.0 Å². The third kappa shape index (κ3) is 36.0. The fraction of sp³-hybridized carbons (Fsp3) is 0.396. The summed E-state index contributed by atoms with van der Waals surface area (Å²) < 4.78 is 27.6. The number of fused-ring (bicyclic) bond motifs is 3. The number of hydrogen-bond donors (Lipinski definition) is 3. The zero-order chi connectivity index (χ0) is 93.0. The average Bonchev–Trinajstić information content (AvgIpc) is 0.833. The van der Waals surface area contributed by atoms with E-state index in [0.29, 0.717) is 53.9 Å². The molecule has 4 saturated heterocycles. The molecule has 0 amide bonds. The molecule has 34 heteroatoms. The minimum absolute atomic E-state index is 0.0287. The van der Waals surface area contributed by atoms with Crippen LogP contribution in [0.1, 0.15) is 131 Å². The van der Waals surface area contributed by atoms with E-state index in [-0.39, 0.29) is 76.2 Å². The van der Waals surface area contributed by atoms with Crippen LogP contribution in [0.2, 0.25) is 0 Å². The molecule has 0 atom stereocenters. The first-order valence-corrected chi connectivity index (χ1v) is 50.3. The molecule has 3 N–H and O–H groups in total. The molecule has 130 heavy (non-hydrogen) atoms. The van der Waals surface area contributed by atoms with Crippen molar-refractivity contribution in [3.8, 4) is 17.6 Å². The van der Waals surface area contributed by atoms with E-state index >= 15 is 0 Å². The molecule has 4 fully saturated rings. The van der Waals surface area contributed by atoms with E-state index in [9.17, 15) is 69.3 Å². The number of aromatic carboxylic acids is 1. The number of esters is 3. The second-order valence-corrected chi connectivity index (χ2v) is 49.3. The zero-order valence-corrected chi connectivity index (χ0v) is 76.8. The summed E-state index contributed by atoms with van der Waals surface area (Å²) >= 11 is 24.9. The molecule has 0 saturated carbocycles. The van der Waals surface area contributed by atoms with Gasteiger partial charge in [-0.05, 0) is 241 Å². The Bertz CT molecular complexity index is 5460. The van der Waals surface area contributed by atoms with E-state index in [0.717, 1.165) is 140 Å². The van der Waals surface area contributed by atoms with Crippen molar-refractivity contribution in [2.45, 2.75) is 116 Å². The van der Waals surface area contributed by atoms with Gasteiger partial charge in [0.25, 0.3) is 29.0 Å². The fourth-order valence-corrected chi connectivity index (χ4v) is 16.3. The van der Waals surface area contributed by atoms with Crippen molar-refractivity contribution in [1.82, 2.24) is 19.6 Å². The smallest absolute Gasteiger partial charge is 0.346 e. The molecule has 5 aliphatic heterocycles. The molecule has 10 aromatic rings. The minimum atomic E-state index is -3.69. The van der Waals surface area contributed by atoms with Gasteiger partial charge in [-0.3, -0.25) is 39.9 Å². The number of carbonyl (C=O) groups is 4. The summed E-state index contributed by atoms with van der Waals surface area (Å²) in [7, 11) is 0. The van der Waals surface area contributed by atoms with Crippen LogP contribution in [-0.2, 0) is 57.6 Å². The molecule has 2 aromatic heterocycles. The number of likely N-dealkylation sites (tertiary alicyclic amines) is 4. The molecule has 0 spiro atoms. The molecule has 15 rings (SSSR count). The second-order valence-electron chi connectivity index (χ2n) is 32.7. The van der Waals surface area contributed by atoms with Crippen LogP contribution in [0.15, 0.2) is 225 Å². The van der Waals surface area contributed by atoms with Gasteiger partial charge in [-0.1, -0.05) is 140 Å². The quantitative estimate of drug-likeness (QED) is 0.00907. The number of nitro benzene ring substituents is 3. The number of ether oxygens (including phenoxy) is 4. The maximum atomic E-state index is 12.1. The molecular formula is C96H109Cl5N7O21P. The number of cyclic esters (lactones) is 2. The number of non-ortho nitro benzene ring substituents is 3. The van der Waals surface area contributed by atoms with Gasteiger partial charge in [-0.2, -0.15) is 0 Å². The van der Waals surface area contributed by atoms with Gasteiger partial charge in [-0.25, -0.2) is 19.2 Å². The van der Waals surface area contributed by atoms with Gasteiger partial charge in [0.2, 0.25) is 0 Å². The number of rotatable bonds is 31. The Kier molecular flexibility index (Phi) is 40.2. The van der Waals surface area contributed by atoms with E-state index in [1.54, 1.807) is 24.3 Å². The maximum absolute atomic E-state index is 12.1.